The highest BCUT2D eigenvalue weighted by atomic mass is 31.2. The molecular weight excluding hydrogens is 169 g/mol. The van der Waals surface area contributed by atoms with Gasteiger partial charge in [0.15, 0.2) is 0 Å². The standard InChI is InChI=1S/C5H10NO4P/c1-3-5(7)9-11(8,4-2)10-6/h3H,1,4,6H2,2H3. The average Bonchev–Trinajstić information content (AvgIpc) is 2.04. The van der Waals surface area contributed by atoms with Crippen molar-refractivity contribution in [3.8, 4) is 0 Å². The van der Waals surface area contributed by atoms with E-state index in [-0.39, 0.29) is 6.16 Å². The van der Waals surface area contributed by atoms with Gasteiger partial charge < -0.3 is 4.52 Å². The minimum atomic E-state index is -3.40. The Hall–Kier alpha value is -0.640. The molecule has 1 atom stereocenters. The zero-order valence-electron chi connectivity index (χ0n) is 6.15. The van der Waals surface area contributed by atoms with Gasteiger partial charge in [0.2, 0.25) is 0 Å². The molecule has 0 aliphatic heterocycles. The first-order valence-electron chi connectivity index (χ1n) is 2.91. The molecule has 0 aliphatic carbocycles. The smallest absolute Gasteiger partial charge is 0.387 e. The Labute approximate surface area is 64.7 Å². The van der Waals surface area contributed by atoms with Gasteiger partial charge in [0.25, 0.3) is 0 Å². The summed E-state index contributed by atoms with van der Waals surface area (Å²) in [7, 11) is -3.40. The predicted octanol–water partition coefficient (Wildman–Crippen LogP) is 0.819. The van der Waals surface area contributed by atoms with Crippen LogP contribution in [0, 0.1) is 0 Å². The van der Waals surface area contributed by atoms with Crippen molar-refractivity contribution >= 4 is 13.6 Å². The maximum atomic E-state index is 11.1. The molecule has 5 nitrogen and oxygen atoms in total. The lowest BCUT2D eigenvalue weighted by Gasteiger charge is -2.10. The van der Waals surface area contributed by atoms with E-state index in [1.165, 1.54) is 6.92 Å². The minimum Gasteiger partial charge on any atom is -0.387 e. The van der Waals surface area contributed by atoms with Crippen LogP contribution in [0.2, 0.25) is 0 Å². The molecule has 0 heterocycles. The largest absolute Gasteiger partial charge is 0.397 e. The molecule has 1 unspecified atom stereocenters. The van der Waals surface area contributed by atoms with Crippen molar-refractivity contribution in [2.75, 3.05) is 6.16 Å². The van der Waals surface area contributed by atoms with E-state index in [0.717, 1.165) is 6.08 Å². The van der Waals surface area contributed by atoms with E-state index < -0.39 is 13.6 Å². The maximum absolute atomic E-state index is 11.1. The van der Waals surface area contributed by atoms with Gasteiger partial charge in [-0.1, -0.05) is 13.5 Å². The Balaban J connectivity index is 4.19. The van der Waals surface area contributed by atoms with E-state index in [9.17, 15) is 9.36 Å². The first-order chi connectivity index (χ1) is 5.08. The lowest BCUT2D eigenvalue weighted by atomic mass is 10.7. The Kier molecular flexibility index (Phi) is 4.03. The molecule has 0 amide bonds. The van der Waals surface area contributed by atoms with E-state index in [1.54, 1.807) is 0 Å². The van der Waals surface area contributed by atoms with Crippen LogP contribution in [-0.4, -0.2) is 12.1 Å². The normalized spacial score (nSPS) is 15.1. The molecule has 6 heteroatoms. The molecule has 0 fully saturated rings. The van der Waals surface area contributed by atoms with Gasteiger partial charge in [-0.3, -0.25) is 0 Å². The van der Waals surface area contributed by atoms with Crippen LogP contribution in [0.5, 0.6) is 0 Å². The van der Waals surface area contributed by atoms with Crippen LogP contribution in [0.15, 0.2) is 12.7 Å². The van der Waals surface area contributed by atoms with Crippen LogP contribution in [0.3, 0.4) is 0 Å². The number of carbonyl (C=O) groups is 1. The lowest BCUT2D eigenvalue weighted by Crippen LogP contribution is -2.06. The molecule has 0 rings (SSSR count). The third kappa shape index (κ3) is 3.32. The predicted molar refractivity (Wildman–Crippen MR) is 39.7 cm³/mol. The zero-order valence-corrected chi connectivity index (χ0v) is 7.04. The van der Waals surface area contributed by atoms with Crippen molar-refractivity contribution in [1.82, 2.24) is 0 Å². The van der Waals surface area contributed by atoms with Gasteiger partial charge in [0, 0.05) is 6.08 Å². The van der Waals surface area contributed by atoms with Crippen LogP contribution in [0.4, 0.5) is 0 Å². The Morgan fingerprint density at radius 2 is 2.36 bits per heavy atom. The lowest BCUT2D eigenvalue weighted by molar-refractivity contribution is -0.129. The second kappa shape index (κ2) is 4.28. The van der Waals surface area contributed by atoms with Crippen LogP contribution < -0.4 is 5.90 Å². The second-order valence-electron chi connectivity index (χ2n) is 1.65. The number of rotatable bonds is 4. The fourth-order valence-corrected chi connectivity index (χ4v) is 1.00. The van der Waals surface area contributed by atoms with Gasteiger partial charge in [0.05, 0.1) is 6.16 Å². The van der Waals surface area contributed by atoms with Gasteiger partial charge in [-0.25, -0.2) is 19.9 Å². The molecule has 0 bridgehead atoms. The van der Waals surface area contributed by atoms with E-state index >= 15 is 0 Å². The molecule has 0 saturated heterocycles. The number of nitrogens with two attached hydrogens (primary N) is 1. The van der Waals surface area contributed by atoms with E-state index in [0.29, 0.717) is 0 Å². The van der Waals surface area contributed by atoms with Crippen LogP contribution >= 0.6 is 7.60 Å². The van der Waals surface area contributed by atoms with Crippen molar-refractivity contribution in [3.05, 3.63) is 12.7 Å². The fraction of sp³-hybridized carbons (Fsp3) is 0.400. The highest BCUT2D eigenvalue weighted by Gasteiger charge is 2.23. The quantitative estimate of drug-likeness (QED) is 0.392. The monoisotopic (exact) mass is 179 g/mol. The summed E-state index contributed by atoms with van der Waals surface area (Å²) >= 11 is 0. The molecule has 0 aromatic carbocycles. The molecule has 0 aliphatic rings. The molecular formula is C5H10NO4P. The van der Waals surface area contributed by atoms with Crippen LogP contribution in [-0.2, 0) is 18.5 Å². The highest BCUT2D eigenvalue weighted by molar-refractivity contribution is 7.54. The molecule has 0 saturated carbocycles. The SMILES string of the molecule is C=CC(=O)OP(=O)(CC)ON. The summed E-state index contributed by atoms with van der Waals surface area (Å²) in [5, 5.41) is 0. The van der Waals surface area contributed by atoms with Crippen molar-refractivity contribution in [1.29, 1.82) is 0 Å². The molecule has 64 valence electrons. The summed E-state index contributed by atoms with van der Waals surface area (Å²) in [6.07, 6.45) is 0.935. The summed E-state index contributed by atoms with van der Waals surface area (Å²) in [5.74, 6) is 3.84. The van der Waals surface area contributed by atoms with Gasteiger partial charge in [-0.2, -0.15) is 0 Å². The van der Waals surface area contributed by atoms with Gasteiger partial charge >= 0.3 is 13.6 Å². The van der Waals surface area contributed by atoms with Crippen LogP contribution in [0.1, 0.15) is 6.92 Å². The summed E-state index contributed by atoms with van der Waals surface area (Å²) < 4.78 is 19.4. The first kappa shape index (κ1) is 10.4. The van der Waals surface area contributed by atoms with Crippen molar-refractivity contribution in [2.24, 2.45) is 5.90 Å². The van der Waals surface area contributed by atoms with Gasteiger partial charge in [-0.15, -0.1) is 0 Å². The van der Waals surface area contributed by atoms with Crippen molar-refractivity contribution in [3.63, 3.8) is 0 Å². The third-order valence-corrected chi connectivity index (χ3v) is 2.50. The van der Waals surface area contributed by atoms with Crippen LogP contribution in [0.25, 0.3) is 0 Å². The molecule has 0 aromatic rings. The molecule has 0 spiro atoms. The Morgan fingerprint density at radius 3 is 2.64 bits per heavy atom. The minimum absolute atomic E-state index is 0.0447. The molecule has 0 aromatic heterocycles. The van der Waals surface area contributed by atoms with E-state index in [1.807, 2.05) is 0 Å². The number of hydrogen-bond donors (Lipinski definition) is 1. The van der Waals surface area contributed by atoms with Crippen molar-refractivity contribution in [2.45, 2.75) is 6.92 Å². The zero-order chi connectivity index (χ0) is 8.91. The van der Waals surface area contributed by atoms with E-state index in [2.05, 4.69) is 21.6 Å². The average molecular weight is 179 g/mol. The summed E-state index contributed by atoms with van der Waals surface area (Å²) in [6, 6.07) is 0. The summed E-state index contributed by atoms with van der Waals surface area (Å²) in [6.45, 7) is 4.65. The second-order valence-corrected chi connectivity index (χ2v) is 3.89. The molecule has 2 N–H and O–H groups in total. The van der Waals surface area contributed by atoms with E-state index in [4.69, 9.17) is 0 Å². The number of carbonyl (C=O) groups excluding carboxylic acids is 1. The molecule has 0 radical (unpaired) electrons. The van der Waals surface area contributed by atoms with Crippen molar-refractivity contribution < 1.29 is 18.5 Å². The topological polar surface area (TPSA) is 78.6 Å². The summed E-state index contributed by atoms with van der Waals surface area (Å²) in [5.41, 5.74) is 0. The molecule has 11 heavy (non-hydrogen) atoms. The fourth-order valence-electron chi connectivity index (χ4n) is 0.335. The maximum Gasteiger partial charge on any atom is 0.397 e. The Bertz CT molecular complexity index is 195. The highest BCUT2D eigenvalue weighted by Crippen LogP contribution is 2.45. The Morgan fingerprint density at radius 1 is 1.82 bits per heavy atom. The third-order valence-electron chi connectivity index (χ3n) is 0.944. The summed E-state index contributed by atoms with van der Waals surface area (Å²) in [4.78, 5) is 10.5. The van der Waals surface area contributed by atoms with Gasteiger partial charge in [0.1, 0.15) is 0 Å². The number of hydrogen-bond acceptors (Lipinski definition) is 5. The first-order valence-corrected chi connectivity index (χ1v) is 4.64. The van der Waals surface area contributed by atoms with Gasteiger partial charge in [-0.05, 0) is 0 Å².